The van der Waals surface area contributed by atoms with E-state index in [1.165, 1.54) is 32.1 Å². The first-order valence-electron chi connectivity index (χ1n) is 13.0. The van der Waals surface area contributed by atoms with Gasteiger partial charge in [-0.1, -0.05) is 12.1 Å². The predicted molar refractivity (Wildman–Crippen MR) is 133 cm³/mol. The number of amides is 2. The second-order valence-electron chi connectivity index (χ2n) is 11.1. The molecule has 1 aromatic heterocycles. The molecule has 4 aliphatic carbocycles. The summed E-state index contributed by atoms with van der Waals surface area (Å²) in [7, 11) is 0. The minimum Gasteiger partial charge on any atom is -0.357 e. The number of benzene rings is 1. The summed E-state index contributed by atoms with van der Waals surface area (Å²) in [6.07, 6.45) is 11.4. The van der Waals surface area contributed by atoms with Crippen LogP contribution in [0.15, 0.2) is 42.6 Å². The molecule has 178 valence electrons. The van der Waals surface area contributed by atoms with E-state index in [0.29, 0.717) is 17.8 Å². The van der Waals surface area contributed by atoms with E-state index in [0.717, 1.165) is 61.5 Å². The summed E-state index contributed by atoms with van der Waals surface area (Å²) in [5.74, 6) is 3.36. The van der Waals surface area contributed by atoms with E-state index in [9.17, 15) is 9.59 Å². The lowest BCUT2D eigenvalue weighted by molar-refractivity contribution is -0.146. The smallest absolute Gasteiger partial charge is 0.255 e. The molecule has 6 nitrogen and oxygen atoms in total. The summed E-state index contributed by atoms with van der Waals surface area (Å²) in [5, 5.41) is 6.15. The number of carbonyl (C=O) groups excluding carboxylic acids is 2. The Balaban J connectivity index is 1.03. The van der Waals surface area contributed by atoms with Crippen molar-refractivity contribution < 1.29 is 9.59 Å². The van der Waals surface area contributed by atoms with Crippen molar-refractivity contribution in [2.45, 2.75) is 57.9 Å². The second kappa shape index (κ2) is 8.71. The lowest BCUT2D eigenvalue weighted by Gasteiger charge is -2.55. The minimum absolute atomic E-state index is 0.118. The van der Waals surface area contributed by atoms with Crippen LogP contribution in [0, 0.1) is 23.2 Å². The van der Waals surface area contributed by atoms with Crippen LogP contribution in [0.4, 0.5) is 11.5 Å². The Morgan fingerprint density at radius 1 is 0.912 bits per heavy atom. The van der Waals surface area contributed by atoms with Crippen molar-refractivity contribution in [2.24, 2.45) is 23.2 Å². The van der Waals surface area contributed by atoms with E-state index in [1.54, 1.807) is 6.20 Å². The Hall–Kier alpha value is -2.89. The zero-order chi connectivity index (χ0) is 23.1. The van der Waals surface area contributed by atoms with E-state index >= 15 is 0 Å². The van der Waals surface area contributed by atoms with E-state index < -0.39 is 0 Å². The zero-order valence-electron chi connectivity index (χ0n) is 19.8. The van der Waals surface area contributed by atoms with Gasteiger partial charge in [0.2, 0.25) is 5.91 Å². The van der Waals surface area contributed by atoms with E-state index in [4.69, 9.17) is 0 Å². The molecule has 2 amide bonds. The number of hydrogen-bond acceptors (Lipinski definition) is 4. The number of pyridine rings is 1. The fourth-order valence-electron chi connectivity index (χ4n) is 7.33. The molecule has 2 heterocycles. The summed E-state index contributed by atoms with van der Waals surface area (Å²) in [6, 6.07) is 11.4. The van der Waals surface area contributed by atoms with Crippen molar-refractivity contribution in [1.82, 2.24) is 10.3 Å². The second-order valence-corrected chi connectivity index (χ2v) is 11.1. The molecule has 2 aromatic rings. The molecule has 0 unspecified atom stereocenters. The molecule has 4 saturated carbocycles. The molecule has 7 rings (SSSR count). The van der Waals surface area contributed by atoms with Crippen LogP contribution in [0.3, 0.4) is 0 Å². The van der Waals surface area contributed by atoms with Crippen molar-refractivity contribution in [2.75, 3.05) is 23.3 Å². The highest BCUT2D eigenvalue weighted by Crippen LogP contribution is 2.60. The number of carbonyl (C=O) groups is 2. The summed E-state index contributed by atoms with van der Waals surface area (Å²) in [5.41, 5.74) is 2.19. The van der Waals surface area contributed by atoms with Gasteiger partial charge < -0.3 is 15.5 Å². The van der Waals surface area contributed by atoms with Crippen LogP contribution in [0.1, 0.15) is 67.3 Å². The average Bonchev–Trinajstić information content (AvgIpc) is 3.37. The van der Waals surface area contributed by atoms with E-state index in [2.05, 4.69) is 20.5 Å². The molecule has 34 heavy (non-hydrogen) atoms. The lowest BCUT2D eigenvalue weighted by atomic mass is 9.49. The maximum Gasteiger partial charge on any atom is 0.255 e. The quantitative estimate of drug-likeness (QED) is 0.654. The van der Waals surface area contributed by atoms with Gasteiger partial charge in [0.15, 0.2) is 0 Å². The van der Waals surface area contributed by atoms with Crippen LogP contribution >= 0.6 is 0 Å². The summed E-state index contributed by atoms with van der Waals surface area (Å²) < 4.78 is 0. The Morgan fingerprint density at radius 3 is 2.15 bits per heavy atom. The van der Waals surface area contributed by atoms with Gasteiger partial charge in [0, 0.05) is 30.6 Å². The zero-order valence-corrected chi connectivity index (χ0v) is 19.8. The van der Waals surface area contributed by atoms with Gasteiger partial charge in [-0.15, -0.1) is 0 Å². The Kier molecular flexibility index (Phi) is 5.54. The van der Waals surface area contributed by atoms with Crippen LogP contribution in [-0.2, 0) is 11.3 Å². The Labute approximate surface area is 201 Å². The minimum atomic E-state index is -0.153. The maximum atomic E-state index is 13.2. The number of anilines is 2. The van der Waals surface area contributed by atoms with Crippen LogP contribution < -0.4 is 15.5 Å². The van der Waals surface area contributed by atoms with Gasteiger partial charge in [-0.05, 0) is 98.9 Å². The Bertz CT molecular complexity index is 1020. The normalized spacial score (nSPS) is 29.3. The van der Waals surface area contributed by atoms with Gasteiger partial charge in [0.1, 0.15) is 5.82 Å². The molecule has 1 aliphatic heterocycles. The Morgan fingerprint density at radius 2 is 1.56 bits per heavy atom. The van der Waals surface area contributed by atoms with Gasteiger partial charge in [-0.25, -0.2) is 4.98 Å². The van der Waals surface area contributed by atoms with Crippen molar-refractivity contribution in [3.8, 4) is 0 Å². The van der Waals surface area contributed by atoms with Crippen LogP contribution in [0.5, 0.6) is 0 Å². The third kappa shape index (κ3) is 4.19. The number of rotatable bonds is 6. The molecule has 0 atom stereocenters. The first kappa shape index (κ1) is 21.6. The third-order valence-electron chi connectivity index (χ3n) is 8.62. The third-order valence-corrected chi connectivity index (χ3v) is 8.62. The molecular formula is C28H34N4O2. The summed E-state index contributed by atoms with van der Waals surface area (Å²) in [6.45, 7) is 2.62. The summed E-state index contributed by atoms with van der Waals surface area (Å²) in [4.78, 5) is 32.6. The molecule has 0 radical (unpaired) electrons. The maximum absolute atomic E-state index is 13.2. The lowest BCUT2D eigenvalue weighted by Crippen LogP contribution is -2.53. The number of aromatic nitrogens is 1. The number of nitrogens with one attached hydrogen (secondary N) is 2. The van der Waals surface area contributed by atoms with Crippen molar-refractivity contribution >= 4 is 23.3 Å². The largest absolute Gasteiger partial charge is 0.357 e. The molecule has 1 aromatic carbocycles. The summed E-state index contributed by atoms with van der Waals surface area (Å²) >= 11 is 0. The van der Waals surface area contributed by atoms with Gasteiger partial charge in [0.25, 0.3) is 5.91 Å². The topological polar surface area (TPSA) is 74.3 Å². The molecule has 1 saturated heterocycles. The first-order valence-corrected chi connectivity index (χ1v) is 13.0. The highest BCUT2D eigenvalue weighted by molar-refractivity contribution is 6.04. The molecule has 2 N–H and O–H groups in total. The fourth-order valence-corrected chi connectivity index (χ4v) is 7.33. The fraction of sp³-hybridized carbons (Fsp3) is 0.536. The van der Waals surface area contributed by atoms with Crippen LogP contribution in [-0.4, -0.2) is 29.9 Å². The van der Waals surface area contributed by atoms with Crippen molar-refractivity contribution in [3.63, 3.8) is 0 Å². The van der Waals surface area contributed by atoms with Crippen LogP contribution in [0.25, 0.3) is 0 Å². The highest BCUT2D eigenvalue weighted by atomic mass is 16.2. The standard InChI is InChI=1S/C28H34N4O2/c33-26(31-24-7-8-25(29-18-24)32-9-1-2-10-32)23-5-3-19(4-6-23)17-30-27(34)28-14-20-11-21(15-28)13-22(12-20)16-28/h3-8,18,20-22H,1-2,9-17H2,(H,30,34)(H,31,33). The monoisotopic (exact) mass is 458 g/mol. The van der Waals surface area contributed by atoms with Gasteiger partial charge in [-0.3, -0.25) is 9.59 Å². The van der Waals surface area contributed by atoms with Gasteiger partial charge in [-0.2, -0.15) is 0 Å². The number of nitrogens with zero attached hydrogens (tertiary/aromatic N) is 2. The van der Waals surface area contributed by atoms with E-state index in [1.807, 2.05) is 36.4 Å². The molecule has 0 spiro atoms. The van der Waals surface area contributed by atoms with E-state index in [-0.39, 0.29) is 17.2 Å². The molecule has 6 heteroatoms. The van der Waals surface area contributed by atoms with Gasteiger partial charge in [0.05, 0.1) is 11.9 Å². The highest BCUT2D eigenvalue weighted by Gasteiger charge is 2.54. The van der Waals surface area contributed by atoms with Crippen molar-refractivity contribution in [1.29, 1.82) is 0 Å². The predicted octanol–water partition coefficient (Wildman–Crippen LogP) is 4.77. The molecule has 4 bridgehead atoms. The van der Waals surface area contributed by atoms with Gasteiger partial charge >= 0.3 is 0 Å². The molecule has 5 fully saturated rings. The van der Waals surface area contributed by atoms with Crippen molar-refractivity contribution in [3.05, 3.63) is 53.7 Å². The number of hydrogen-bond donors (Lipinski definition) is 2. The molecular weight excluding hydrogens is 424 g/mol. The van der Waals surface area contributed by atoms with Crippen LogP contribution in [0.2, 0.25) is 0 Å². The molecule has 5 aliphatic rings. The average molecular weight is 459 g/mol. The SMILES string of the molecule is O=C(Nc1ccc(N2CCCC2)nc1)c1ccc(CNC(=O)C23CC4CC(CC(C4)C2)C3)cc1. The first-order chi connectivity index (χ1) is 16.6.